The van der Waals surface area contributed by atoms with E-state index in [0.717, 1.165) is 16.9 Å². The maximum atomic E-state index is 11.1. The van der Waals surface area contributed by atoms with Crippen molar-refractivity contribution in [1.29, 1.82) is 0 Å². The number of rotatable bonds is 9. The van der Waals surface area contributed by atoms with Gasteiger partial charge in [0.15, 0.2) is 11.7 Å². The zero-order valence-electron chi connectivity index (χ0n) is 21.4. The number of benzene rings is 2. The van der Waals surface area contributed by atoms with Crippen LogP contribution in [0.5, 0.6) is 5.75 Å². The van der Waals surface area contributed by atoms with Gasteiger partial charge in [-0.3, -0.25) is 4.79 Å². The van der Waals surface area contributed by atoms with Crippen molar-refractivity contribution in [3.8, 4) is 17.2 Å². The molecule has 13 heteroatoms. The number of carbonyl (C=O) groups excluding carboxylic acids is 1. The molecule has 6 N–H and O–H groups in total. The van der Waals surface area contributed by atoms with Crippen molar-refractivity contribution in [2.75, 3.05) is 0 Å². The number of amides is 1. The van der Waals surface area contributed by atoms with E-state index in [2.05, 4.69) is 20.6 Å². The van der Waals surface area contributed by atoms with Crippen molar-refractivity contribution in [3.05, 3.63) is 89.0 Å². The number of guanidine groups is 1. The van der Waals surface area contributed by atoms with Crippen molar-refractivity contribution in [3.63, 3.8) is 0 Å². The van der Waals surface area contributed by atoms with Gasteiger partial charge in [0.05, 0.1) is 6.54 Å². The Bertz CT molecular complexity index is 1450. The molecule has 208 valence electrons. The highest BCUT2D eigenvalue weighted by Gasteiger charge is 2.10. The van der Waals surface area contributed by atoms with E-state index in [4.69, 9.17) is 34.7 Å². The summed E-state index contributed by atoms with van der Waals surface area (Å²) in [5.41, 5.74) is 8.89. The van der Waals surface area contributed by atoms with Crippen LogP contribution < -0.4 is 21.1 Å². The van der Waals surface area contributed by atoms with Crippen molar-refractivity contribution < 1.29 is 33.8 Å². The fourth-order valence-electron chi connectivity index (χ4n) is 3.13. The lowest BCUT2D eigenvalue weighted by atomic mass is 10.1. The number of hydrogen-bond donors (Lipinski definition) is 5. The molecule has 0 atom stereocenters. The summed E-state index contributed by atoms with van der Waals surface area (Å²) in [4.78, 5) is 38.1. The second-order valence-electron chi connectivity index (χ2n) is 8.02. The first-order valence-electron chi connectivity index (χ1n) is 11.8. The smallest absolute Gasteiger partial charge is 0.414 e. The number of carbonyl (C=O) groups is 3. The molecule has 1 amide bonds. The summed E-state index contributed by atoms with van der Waals surface area (Å²) in [6.07, 6.45) is 0. The number of aliphatic carboxylic acids is 2. The molecule has 0 fully saturated rings. The Morgan fingerprint density at radius 2 is 1.62 bits per heavy atom. The summed E-state index contributed by atoms with van der Waals surface area (Å²) in [7, 11) is 0. The predicted molar refractivity (Wildman–Crippen MR) is 148 cm³/mol. The molecular formula is C27H27N5O7S. The van der Waals surface area contributed by atoms with Crippen LogP contribution in [-0.4, -0.2) is 39.0 Å². The molecular weight excluding hydrogens is 538 g/mol. The van der Waals surface area contributed by atoms with Crippen molar-refractivity contribution in [2.45, 2.75) is 26.6 Å². The minimum Gasteiger partial charge on any atom is -0.489 e. The van der Waals surface area contributed by atoms with E-state index >= 15 is 0 Å². The van der Waals surface area contributed by atoms with Crippen molar-refractivity contribution in [1.82, 2.24) is 15.6 Å². The number of carboxylic acids is 2. The molecule has 0 spiro atoms. The first kappa shape index (κ1) is 29.4. The Morgan fingerprint density at radius 1 is 0.950 bits per heavy atom. The lowest BCUT2D eigenvalue weighted by molar-refractivity contribution is -0.159. The standard InChI is InChI=1S/C25H25N5O3S.C2H2O4/c1-17(31)27-14-21-11-12-23(33-21)22-16-34-25(29-22)30-24(26)28-13-18-7-5-6-8-19(18)15-32-20-9-3-2-4-10-20;3-1(4)2(5)6/h2-12,16H,13-15H2,1H3,(H,27,31)(H3,26,28,29,30);(H,3,4)(H,5,6). The summed E-state index contributed by atoms with van der Waals surface area (Å²) in [6.45, 7) is 2.76. The van der Waals surface area contributed by atoms with Gasteiger partial charge < -0.3 is 35.7 Å². The normalized spacial score (nSPS) is 10.7. The summed E-state index contributed by atoms with van der Waals surface area (Å²) in [5, 5.41) is 23.0. The third kappa shape index (κ3) is 9.61. The van der Waals surface area contributed by atoms with Crippen molar-refractivity contribution in [2.24, 2.45) is 10.7 Å². The van der Waals surface area contributed by atoms with Gasteiger partial charge in [-0.1, -0.05) is 42.5 Å². The predicted octanol–water partition coefficient (Wildman–Crippen LogP) is 3.51. The molecule has 0 saturated heterocycles. The van der Waals surface area contributed by atoms with Gasteiger partial charge in [-0.05, 0) is 35.4 Å². The highest BCUT2D eigenvalue weighted by atomic mass is 32.1. The van der Waals surface area contributed by atoms with E-state index in [-0.39, 0.29) is 11.9 Å². The monoisotopic (exact) mass is 565 g/mol. The molecule has 0 bridgehead atoms. The first-order chi connectivity index (χ1) is 19.2. The number of nitrogens with two attached hydrogens (primary N) is 1. The number of hydrogen-bond acceptors (Lipinski definition) is 8. The molecule has 12 nitrogen and oxygen atoms in total. The summed E-state index contributed by atoms with van der Waals surface area (Å²) < 4.78 is 11.6. The van der Waals surface area contributed by atoms with E-state index in [1.807, 2.05) is 72.1 Å². The van der Waals surface area contributed by atoms with Crippen LogP contribution in [0, 0.1) is 0 Å². The van der Waals surface area contributed by atoms with Crippen LogP contribution in [0.3, 0.4) is 0 Å². The molecule has 2 heterocycles. The molecule has 4 rings (SSSR count). The van der Waals surface area contributed by atoms with Gasteiger partial charge in [-0.25, -0.2) is 14.6 Å². The lowest BCUT2D eigenvalue weighted by Gasteiger charge is -2.12. The zero-order chi connectivity index (χ0) is 28.9. The summed E-state index contributed by atoms with van der Waals surface area (Å²) >= 11 is 1.36. The topological polar surface area (TPSA) is 189 Å². The molecule has 40 heavy (non-hydrogen) atoms. The highest BCUT2D eigenvalue weighted by Crippen LogP contribution is 2.28. The molecule has 0 aliphatic rings. The van der Waals surface area contributed by atoms with E-state index < -0.39 is 11.9 Å². The number of thiazole rings is 1. The third-order valence-corrected chi connectivity index (χ3v) is 5.77. The van der Waals surface area contributed by atoms with Crippen LogP contribution in [-0.2, 0) is 34.1 Å². The molecule has 0 aliphatic heterocycles. The number of furan rings is 1. The van der Waals surface area contributed by atoms with Gasteiger partial charge in [0.25, 0.3) is 0 Å². The molecule has 2 aromatic carbocycles. The number of nitrogens with one attached hydrogen (secondary N) is 2. The molecule has 0 aliphatic carbocycles. The average Bonchev–Trinajstić information content (AvgIpc) is 3.60. The highest BCUT2D eigenvalue weighted by molar-refractivity contribution is 7.13. The number of nitrogens with zero attached hydrogens (tertiary/aromatic N) is 2. The summed E-state index contributed by atoms with van der Waals surface area (Å²) in [5.74, 6) is -1.41. The van der Waals surface area contributed by atoms with Gasteiger partial charge in [-0.15, -0.1) is 11.3 Å². The number of aromatic nitrogens is 1. The zero-order valence-corrected chi connectivity index (χ0v) is 22.2. The fraction of sp³-hybridized carbons (Fsp3) is 0.148. The van der Waals surface area contributed by atoms with Gasteiger partial charge >= 0.3 is 11.9 Å². The minimum absolute atomic E-state index is 0.113. The van der Waals surface area contributed by atoms with E-state index in [0.29, 0.717) is 42.0 Å². The van der Waals surface area contributed by atoms with Crippen LogP contribution in [0.15, 0.2) is 81.5 Å². The van der Waals surface area contributed by atoms with Gasteiger partial charge in [-0.2, -0.15) is 4.99 Å². The van der Waals surface area contributed by atoms with Crippen LogP contribution >= 0.6 is 11.3 Å². The Balaban J connectivity index is 0.000000663. The quantitative estimate of drug-likeness (QED) is 0.114. The Morgan fingerprint density at radius 3 is 2.30 bits per heavy atom. The Labute approximate surface area is 233 Å². The number of ether oxygens (including phenoxy) is 1. The van der Waals surface area contributed by atoms with Crippen LogP contribution in [0.25, 0.3) is 11.5 Å². The number of para-hydroxylation sites is 1. The SMILES string of the molecule is CC(=O)NCc1ccc(-c2csc(/N=C(\N)NCc3ccccc3COc3ccccc3)n2)o1.O=C(O)C(=O)O. The largest absolute Gasteiger partial charge is 0.489 e. The van der Waals surface area contributed by atoms with Crippen LogP contribution in [0.1, 0.15) is 23.8 Å². The van der Waals surface area contributed by atoms with Gasteiger partial charge in [0.2, 0.25) is 11.0 Å². The first-order valence-corrected chi connectivity index (χ1v) is 12.7. The molecule has 2 aromatic heterocycles. The molecule has 0 unspecified atom stereocenters. The maximum Gasteiger partial charge on any atom is 0.414 e. The second kappa shape index (κ2) is 14.7. The number of carboxylic acid groups (broad SMARTS) is 2. The maximum absolute atomic E-state index is 11.1. The van der Waals surface area contributed by atoms with Gasteiger partial charge in [0.1, 0.15) is 23.8 Å². The lowest BCUT2D eigenvalue weighted by Crippen LogP contribution is -2.31. The molecule has 0 saturated carbocycles. The third-order valence-electron chi connectivity index (χ3n) is 5.03. The second-order valence-corrected chi connectivity index (χ2v) is 8.86. The van der Waals surface area contributed by atoms with Crippen LogP contribution in [0.4, 0.5) is 5.13 Å². The number of aliphatic imine (C=N–C) groups is 1. The van der Waals surface area contributed by atoms with E-state index in [1.165, 1.54) is 18.3 Å². The Kier molecular flexibility index (Phi) is 10.8. The van der Waals surface area contributed by atoms with Crippen molar-refractivity contribution >= 4 is 40.3 Å². The van der Waals surface area contributed by atoms with E-state index in [9.17, 15) is 4.79 Å². The van der Waals surface area contributed by atoms with E-state index in [1.54, 1.807) is 0 Å². The average molecular weight is 566 g/mol. The Hall–Kier alpha value is -5.17. The molecule has 0 radical (unpaired) electrons. The minimum atomic E-state index is -1.82. The fourth-order valence-corrected chi connectivity index (χ4v) is 3.82. The summed E-state index contributed by atoms with van der Waals surface area (Å²) in [6, 6.07) is 21.4. The van der Waals surface area contributed by atoms with Gasteiger partial charge in [0, 0.05) is 18.8 Å². The molecule has 4 aromatic rings. The van der Waals surface area contributed by atoms with Crippen LogP contribution in [0.2, 0.25) is 0 Å².